The van der Waals surface area contributed by atoms with Crippen LogP contribution in [0.5, 0.6) is 0 Å². The van der Waals surface area contributed by atoms with E-state index in [4.69, 9.17) is 0 Å². The molecule has 0 amide bonds. The van der Waals surface area contributed by atoms with Crippen molar-refractivity contribution >= 4 is 0 Å². The lowest BCUT2D eigenvalue weighted by molar-refractivity contribution is 0.203. The molecule has 1 aromatic rings. The zero-order valence-corrected chi connectivity index (χ0v) is 11.2. The van der Waals surface area contributed by atoms with Crippen molar-refractivity contribution in [3.05, 3.63) is 18.0 Å². The zero-order valence-electron chi connectivity index (χ0n) is 11.2. The molecule has 4 nitrogen and oxygen atoms in total. The van der Waals surface area contributed by atoms with Crippen LogP contribution in [-0.2, 0) is 7.05 Å². The van der Waals surface area contributed by atoms with Crippen LogP contribution in [0.25, 0.3) is 0 Å². The summed E-state index contributed by atoms with van der Waals surface area (Å²) in [6.07, 6.45) is 4.56. The Balaban J connectivity index is 1.80. The summed E-state index contributed by atoms with van der Waals surface area (Å²) in [6.45, 7) is 5.80. The van der Waals surface area contributed by atoms with E-state index in [1.54, 1.807) is 0 Å². The third-order valence-corrected chi connectivity index (χ3v) is 3.74. The molecule has 17 heavy (non-hydrogen) atoms. The summed E-state index contributed by atoms with van der Waals surface area (Å²) in [7, 11) is 4.22. The molecular weight excluding hydrogens is 212 g/mol. The number of aromatic nitrogens is 2. The van der Waals surface area contributed by atoms with Crippen molar-refractivity contribution in [1.29, 1.82) is 0 Å². The van der Waals surface area contributed by atoms with Gasteiger partial charge in [-0.1, -0.05) is 0 Å². The summed E-state index contributed by atoms with van der Waals surface area (Å²) in [4.78, 5) is 2.44. The maximum absolute atomic E-state index is 4.21. The van der Waals surface area contributed by atoms with E-state index in [0.29, 0.717) is 6.04 Å². The van der Waals surface area contributed by atoms with E-state index in [9.17, 15) is 0 Å². The van der Waals surface area contributed by atoms with Gasteiger partial charge < -0.3 is 10.2 Å². The van der Waals surface area contributed by atoms with Crippen molar-refractivity contribution < 1.29 is 0 Å². The SMILES string of the molecule is CC(NCC1CCCN(C)C1)c1ccnn1C. The standard InChI is InChI=1S/C13H24N4/c1-11(13-6-7-15-17(13)3)14-9-12-5-4-8-16(2)10-12/h6-7,11-12,14H,4-5,8-10H2,1-3H3. The molecule has 0 aromatic carbocycles. The number of aryl methyl sites for hydroxylation is 1. The third-order valence-electron chi connectivity index (χ3n) is 3.74. The van der Waals surface area contributed by atoms with Crippen LogP contribution in [0.3, 0.4) is 0 Å². The molecule has 1 saturated heterocycles. The zero-order chi connectivity index (χ0) is 12.3. The van der Waals surface area contributed by atoms with Crippen LogP contribution in [0.2, 0.25) is 0 Å². The van der Waals surface area contributed by atoms with Gasteiger partial charge in [-0.2, -0.15) is 5.10 Å². The van der Waals surface area contributed by atoms with Gasteiger partial charge in [-0.05, 0) is 51.9 Å². The molecule has 0 saturated carbocycles. The second kappa shape index (κ2) is 5.65. The van der Waals surface area contributed by atoms with Gasteiger partial charge in [-0.15, -0.1) is 0 Å². The van der Waals surface area contributed by atoms with Crippen molar-refractivity contribution in [2.24, 2.45) is 13.0 Å². The minimum atomic E-state index is 0.384. The third kappa shape index (κ3) is 3.30. The molecule has 0 spiro atoms. The Morgan fingerprint density at radius 2 is 2.35 bits per heavy atom. The molecule has 1 fully saturated rings. The number of rotatable bonds is 4. The maximum atomic E-state index is 4.21. The molecule has 0 bridgehead atoms. The molecule has 2 unspecified atom stereocenters. The number of hydrogen-bond acceptors (Lipinski definition) is 3. The fraction of sp³-hybridized carbons (Fsp3) is 0.769. The van der Waals surface area contributed by atoms with Gasteiger partial charge in [0.1, 0.15) is 0 Å². The number of nitrogens with one attached hydrogen (secondary N) is 1. The summed E-state index contributed by atoms with van der Waals surface area (Å²) >= 11 is 0. The molecule has 1 N–H and O–H groups in total. The van der Waals surface area contributed by atoms with Gasteiger partial charge in [-0.25, -0.2) is 0 Å². The lowest BCUT2D eigenvalue weighted by atomic mass is 9.98. The van der Waals surface area contributed by atoms with Gasteiger partial charge in [-0.3, -0.25) is 4.68 Å². The smallest absolute Gasteiger partial charge is 0.0547 e. The lowest BCUT2D eigenvalue weighted by Gasteiger charge is -2.30. The highest BCUT2D eigenvalue weighted by Crippen LogP contribution is 2.16. The van der Waals surface area contributed by atoms with E-state index in [-0.39, 0.29) is 0 Å². The molecule has 1 aromatic heterocycles. The topological polar surface area (TPSA) is 33.1 Å². The maximum Gasteiger partial charge on any atom is 0.0547 e. The number of likely N-dealkylation sites (tertiary alicyclic amines) is 1. The summed E-state index contributed by atoms with van der Waals surface area (Å²) in [5.74, 6) is 0.796. The number of nitrogens with zero attached hydrogens (tertiary/aromatic N) is 3. The average molecular weight is 236 g/mol. The van der Waals surface area contributed by atoms with Gasteiger partial charge in [0.25, 0.3) is 0 Å². The molecule has 4 heteroatoms. The molecule has 2 atom stereocenters. The van der Waals surface area contributed by atoms with E-state index in [0.717, 1.165) is 12.5 Å². The Hall–Kier alpha value is -0.870. The second-order valence-electron chi connectivity index (χ2n) is 5.28. The Kier molecular flexibility index (Phi) is 4.18. The van der Waals surface area contributed by atoms with Gasteiger partial charge in [0.2, 0.25) is 0 Å². The van der Waals surface area contributed by atoms with Crippen molar-refractivity contribution in [2.75, 3.05) is 26.7 Å². The molecule has 0 radical (unpaired) electrons. The van der Waals surface area contributed by atoms with Gasteiger partial charge in [0.15, 0.2) is 0 Å². The monoisotopic (exact) mass is 236 g/mol. The van der Waals surface area contributed by atoms with Crippen molar-refractivity contribution in [2.45, 2.75) is 25.8 Å². The van der Waals surface area contributed by atoms with E-state index in [2.05, 4.69) is 35.4 Å². The summed E-state index contributed by atoms with van der Waals surface area (Å²) in [5, 5.41) is 7.84. The van der Waals surface area contributed by atoms with Gasteiger partial charge >= 0.3 is 0 Å². The molecule has 2 heterocycles. The number of hydrogen-bond donors (Lipinski definition) is 1. The van der Waals surface area contributed by atoms with Crippen LogP contribution in [-0.4, -0.2) is 41.4 Å². The van der Waals surface area contributed by atoms with Crippen LogP contribution < -0.4 is 5.32 Å². The molecule has 1 aliphatic heterocycles. The van der Waals surface area contributed by atoms with Crippen LogP contribution >= 0.6 is 0 Å². The predicted molar refractivity (Wildman–Crippen MR) is 69.8 cm³/mol. The quantitative estimate of drug-likeness (QED) is 0.858. The van der Waals surface area contributed by atoms with Crippen molar-refractivity contribution in [1.82, 2.24) is 20.0 Å². The molecule has 2 rings (SSSR count). The minimum Gasteiger partial charge on any atom is -0.309 e. The summed E-state index contributed by atoms with van der Waals surface area (Å²) in [5.41, 5.74) is 1.26. The highest BCUT2D eigenvalue weighted by molar-refractivity contribution is 5.05. The summed E-state index contributed by atoms with van der Waals surface area (Å²) < 4.78 is 1.95. The second-order valence-corrected chi connectivity index (χ2v) is 5.28. The highest BCUT2D eigenvalue weighted by atomic mass is 15.3. The van der Waals surface area contributed by atoms with Crippen LogP contribution in [0.1, 0.15) is 31.5 Å². The Labute approximate surface area is 104 Å². The van der Waals surface area contributed by atoms with E-state index < -0.39 is 0 Å². The van der Waals surface area contributed by atoms with Crippen molar-refractivity contribution in [3.8, 4) is 0 Å². The van der Waals surface area contributed by atoms with E-state index in [1.807, 2.05) is 17.9 Å². The lowest BCUT2D eigenvalue weighted by Crippen LogP contribution is -2.38. The van der Waals surface area contributed by atoms with E-state index >= 15 is 0 Å². The first kappa shape index (κ1) is 12.6. The summed E-state index contributed by atoms with van der Waals surface area (Å²) in [6, 6.07) is 2.47. The van der Waals surface area contributed by atoms with Crippen LogP contribution in [0.15, 0.2) is 12.3 Å². The fourth-order valence-electron chi connectivity index (χ4n) is 2.70. The molecular formula is C13H24N4. The van der Waals surface area contributed by atoms with Gasteiger partial charge in [0, 0.05) is 25.8 Å². The predicted octanol–water partition coefficient (Wildman–Crippen LogP) is 1.41. The normalized spacial score (nSPS) is 23.8. The Morgan fingerprint density at radius 3 is 3.00 bits per heavy atom. The molecule has 96 valence electrons. The first-order valence-electron chi connectivity index (χ1n) is 6.56. The molecule has 0 aliphatic carbocycles. The average Bonchev–Trinajstić information content (AvgIpc) is 2.72. The minimum absolute atomic E-state index is 0.384. The van der Waals surface area contributed by atoms with Crippen LogP contribution in [0, 0.1) is 5.92 Å². The first-order chi connectivity index (χ1) is 8.16. The molecule has 1 aliphatic rings. The number of piperidine rings is 1. The Bertz CT molecular complexity index is 347. The first-order valence-corrected chi connectivity index (χ1v) is 6.56. The fourth-order valence-corrected chi connectivity index (χ4v) is 2.70. The highest BCUT2D eigenvalue weighted by Gasteiger charge is 2.18. The van der Waals surface area contributed by atoms with E-state index in [1.165, 1.54) is 31.6 Å². The van der Waals surface area contributed by atoms with Crippen molar-refractivity contribution in [3.63, 3.8) is 0 Å². The van der Waals surface area contributed by atoms with Crippen LogP contribution in [0.4, 0.5) is 0 Å². The Morgan fingerprint density at radius 1 is 1.53 bits per heavy atom. The largest absolute Gasteiger partial charge is 0.309 e. The van der Waals surface area contributed by atoms with Gasteiger partial charge in [0.05, 0.1) is 5.69 Å².